The van der Waals surface area contributed by atoms with Gasteiger partial charge in [-0.3, -0.25) is 4.98 Å². The van der Waals surface area contributed by atoms with E-state index < -0.39 is 6.10 Å². The maximum absolute atomic E-state index is 9.66. The van der Waals surface area contributed by atoms with Gasteiger partial charge in [-0.2, -0.15) is 4.98 Å². The summed E-state index contributed by atoms with van der Waals surface area (Å²) in [7, 11) is 0. The summed E-state index contributed by atoms with van der Waals surface area (Å²) >= 11 is 0. The van der Waals surface area contributed by atoms with E-state index in [0.717, 1.165) is 12.0 Å². The van der Waals surface area contributed by atoms with Crippen molar-refractivity contribution in [3.05, 3.63) is 29.8 Å². The number of aliphatic hydroxyl groups excluding tert-OH is 1. The summed E-state index contributed by atoms with van der Waals surface area (Å²) < 4.78 is 5.23. The Bertz CT molecular complexity index is 522. The maximum Gasteiger partial charge on any atom is 0.232 e. The first-order valence-corrected chi connectivity index (χ1v) is 6.07. The summed E-state index contributed by atoms with van der Waals surface area (Å²) in [6.07, 6.45) is 1.94. The van der Waals surface area contributed by atoms with Gasteiger partial charge >= 0.3 is 0 Å². The second-order valence-corrected chi connectivity index (χ2v) is 4.38. The molecule has 2 heterocycles. The Morgan fingerprint density at radius 1 is 1.44 bits per heavy atom. The van der Waals surface area contributed by atoms with Crippen molar-refractivity contribution >= 4 is 0 Å². The first-order valence-electron chi connectivity index (χ1n) is 6.07. The van der Waals surface area contributed by atoms with Crippen LogP contribution in [0.3, 0.4) is 0 Å². The molecule has 0 saturated heterocycles. The fraction of sp³-hybridized carbons (Fsp3) is 0.462. The molecule has 0 radical (unpaired) electrons. The number of aromatic nitrogens is 3. The van der Waals surface area contributed by atoms with Crippen molar-refractivity contribution in [2.24, 2.45) is 0 Å². The van der Waals surface area contributed by atoms with Crippen molar-refractivity contribution < 1.29 is 9.63 Å². The average molecular weight is 247 g/mol. The van der Waals surface area contributed by atoms with Crippen LogP contribution in [0.5, 0.6) is 0 Å². The molecule has 0 spiro atoms. The zero-order valence-corrected chi connectivity index (χ0v) is 10.8. The van der Waals surface area contributed by atoms with Crippen LogP contribution in [0, 0.1) is 6.92 Å². The minimum atomic E-state index is -0.506. The van der Waals surface area contributed by atoms with E-state index in [0.29, 0.717) is 17.4 Å². The van der Waals surface area contributed by atoms with E-state index in [9.17, 15) is 5.11 Å². The number of nitrogens with zero attached hydrogens (tertiary/aromatic N) is 3. The van der Waals surface area contributed by atoms with Gasteiger partial charge in [-0.1, -0.05) is 18.1 Å². The van der Waals surface area contributed by atoms with E-state index in [1.54, 1.807) is 13.1 Å². The van der Waals surface area contributed by atoms with Crippen LogP contribution >= 0.6 is 0 Å². The van der Waals surface area contributed by atoms with E-state index in [1.165, 1.54) is 0 Å². The summed E-state index contributed by atoms with van der Waals surface area (Å²) in [4.78, 5) is 8.58. The fourth-order valence-corrected chi connectivity index (χ4v) is 1.92. The Balaban J connectivity index is 2.34. The van der Waals surface area contributed by atoms with E-state index in [-0.39, 0.29) is 5.92 Å². The van der Waals surface area contributed by atoms with Crippen LogP contribution in [0.2, 0.25) is 0 Å². The molecule has 0 fully saturated rings. The zero-order valence-electron chi connectivity index (χ0n) is 10.8. The van der Waals surface area contributed by atoms with Crippen LogP contribution in [-0.4, -0.2) is 26.3 Å². The Labute approximate surface area is 106 Å². The summed E-state index contributed by atoms with van der Waals surface area (Å²) in [5.41, 5.74) is 1.71. The Hall–Kier alpha value is -1.75. The number of aryl methyl sites for hydroxylation is 1. The summed E-state index contributed by atoms with van der Waals surface area (Å²) in [6.45, 7) is 5.65. The normalized spacial score (nSPS) is 14.4. The minimum absolute atomic E-state index is 0.129. The van der Waals surface area contributed by atoms with Gasteiger partial charge in [0.05, 0.1) is 12.0 Å². The highest BCUT2D eigenvalue weighted by atomic mass is 16.5. The molecular weight excluding hydrogens is 230 g/mol. The monoisotopic (exact) mass is 247 g/mol. The molecule has 2 rings (SSSR count). The minimum Gasteiger partial charge on any atom is -0.393 e. The third kappa shape index (κ3) is 2.41. The Morgan fingerprint density at radius 3 is 2.83 bits per heavy atom. The lowest BCUT2D eigenvalue weighted by atomic mass is 10.0. The molecule has 2 unspecified atom stereocenters. The Kier molecular flexibility index (Phi) is 3.72. The summed E-state index contributed by atoms with van der Waals surface area (Å²) in [5.74, 6) is 0.810. The van der Waals surface area contributed by atoms with Gasteiger partial charge in [0.25, 0.3) is 0 Å². The van der Waals surface area contributed by atoms with Crippen molar-refractivity contribution in [2.45, 2.75) is 39.2 Å². The summed E-state index contributed by atoms with van der Waals surface area (Å²) in [5, 5.41) is 13.6. The van der Waals surface area contributed by atoms with E-state index >= 15 is 0 Å². The highest BCUT2D eigenvalue weighted by Crippen LogP contribution is 2.24. The predicted molar refractivity (Wildman–Crippen MR) is 67.0 cm³/mol. The van der Waals surface area contributed by atoms with Crippen LogP contribution in [0.15, 0.2) is 22.9 Å². The largest absolute Gasteiger partial charge is 0.393 e. The van der Waals surface area contributed by atoms with Gasteiger partial charge in [0.1, 0.15) is 5.69 Å². The lowest BCUT2D eigenvalue weighted by Gasteiger charge is -2.12. The number of pyridine rings is 1. The fourth-order valence-electron chi connectivity index (χ4n) is 1.92. The van der Waals surface area contributed by atoms with Crippen molar-refractivity contribution in [3.8, 4) is 11.5 Å². The number of hydrogen-bond acceptors (Lipinski definition) is 5. The van der Waals surface area contributed by atoms with Crippen molar-refractivity contribution in [2.75, 3.05) is 0 Å². The standard InChI is InChI=1S/C13H17N3O2/c1-4-10(9(3)17)13-15-12(16-18-13)11-8(2)6-5-7-14-11/h5-7,9-10,17H,4H2,1-3H3. The zero-order chi connectivity index (χ0) is 13.1. The molecule has 5 heteroatoms. The van der Waals surface area contributed by atoms with Crippen LogP contribution < -0.4 is 0 Å². The van der Waals surface area contributed by atoms with E-state index in [2.05, 4.69) is 15.1 Å². The maximum atomic E-state index is 9.66. The molecule has 2 atom stereocenters. The van der Waals surface area contributed by atoms with Gasteiger partial charge in [0.15, 0.2) is 0 Å². The molecule has 1 N–H and O–H groups in total. The van der Waals surface area contributed by atoms with Gasteiger partial charge in [-0.25, -0.2) is 0 Å². The molecule has 0 aliphatic rings. The SMILES string of the molecule is CCC(c1nc(-c2ncccc2C)no1)C(C)O. The van der Waals surface area contributed by atoms with Crippen LogP contribution in [0.1, 0.15) is 37.6 Å². The van der Waals surface area contributed by atoms with Crippen LogP contribution in [0.25, 0.3) is 11.5 Å². The Morgan fingerprint density at radius 2 is 2.22 bits per heavy atom. The number of rotatable bonds is 4. The molecule has 0 saturated carbocycles. The first-order chi connectivity index (χ1) is 8.63. The quantitative estimate of drug-likeness (QED) is 0.897. The molecular formula is C13H17N3O2. The lowest BCUT2D eigenvalue weighted by Crippen LogP contribution is -2.14. The topological polar surface area (TPSA) is 72.0 Å². The van der Waals surface area contributed by atoms with Crippen molar-refractivity contribution in [1.82, 2.24) is 15.1 Å². The third-order valence-corrected chi connectivity index (χ3v) is 3.00. The van der Waals surface area contributed by atoms with Gasteiger partial charge in [0.2, 0.25) is 11.7 Å². The molecule has 2 aromatic rings. The predicted octanol–water partition coefficient (Wildman–Crippen LogP) is 2.31. The third-order valence-electron chi connectivity index (χ3n) is 3.00. The van der Waals surface area contributed by atoms with Crippen LogP contribution in [-0.2, 0) is 0 Å². The second kappa shape index (κ2) is 5.27. The molecule has 5 nitrogen and oxygen atoms in total. The highest BCUT2D eigenvalue weighted by molar-refractivity contribution is 5.53. The van der Waals surface area contributed by atoms with Gasteiger partial charge in [-0.15, -0.1) is 0 Å². The molecule has 2 aromatic heterocycles. The highest BCUT2D eigenvalue weighted by Gasteiger charge is 2.23. The average Bonchev–Trinajstić information content (AvgIpc) is 2.79. The van der Waals surface area contributed by atoms with E-state index in [4.69, 9.17) is 4.52 Å². The summed E-state index contributed by atoms with van der Waals surface area (Å²) in [6, 6.07) is 3.81. The van der Waals surface area contributed by atoms with Crippen LogP contribution in [0.4, 0.5) is 0 Å². The van der Waals surface area contributed by atoms with E-state index in [1.807, 2.05) is 26.0 Å². The molecule has 18 heavy (non-hydrogen) atoms. The molecule has 96 valence electrons. The first kappa shape index (κ1) is 12.7. The molecule has 0 aliphatic carbocycles. The molecule has 0 amide bonds. The van der Waals surface area contributed by atoms with Gasteiger partial charge < -0.3 is 9.63 Å². The number of hydrogen-bond donors (Lipinski definition) is 1. The lowest BCUT2D eigenvalue weighted by molar-refractivity contribution is 0.141. The van der Waals surface area contributed by atoms with Gasteiger partial charge in [0, 0.05) is 6.20 Å². The molecule has 0 aliphatic heterocycles. The smallest absolute Gasteiger partial charge is 0.232 e. The van der Waals surface area contributed by atoms with Gasteiger partial charge in [-0.05, 0) is 31.9 Å². The van der Waals surface area contributed by atoms with Crippen molar-refractivity contribution in [1.29, 1.82) is 0 Å². The molecule has 0 bridgehead atoms. The van der Waals surface area contributed by atoms with Crippen molar-refractivity contribution in [3.63, 3.8) is 0 Å². The number of aliphatic hydroxyl groups is 1. The molecule has 0 aromatic carbocycles. The second-order valence-electron chi connectivity index (χ2n) is 4.38.